The molecule has 0 radical (unpaired) electrons. The van der Waals surface area contributed by atoms with Gasteiger partial charge in [0.2, 0.25) is 0 Å². The minimum atomic E-state index is -0.0954. The zero-order valence-corrected chi connectivity index (χ0v) is 29.3. The number of nitrogens with zero attached hydrogens (tertiary/aromatic N) is 1. The molecule has 0 fully saturated rings. The summed E-state index contributed by atoms with van der Waals surface area (Å²) in [6.07, 6.45) is 16.1. The van der Waals surface area contributed by atoms with Crippen molar-refractivity contribution in [2.75, 3.05) is 17.8 Å². The third-order valence-electron chi connectivity index (χ3n) is 7.91. The van der Waals surface area contributed by atoms with Crippen molar-refractivity contribution in [1.29, 1.82) is 0 Å². The minimum Gasteiger partial charge on any atom is -0.493 e. The molecule has 3 rings (SSSR count). The predicted octanol–water partition coefficient (Wildman–Crippen LogP) is 11.3. The average Bonchev–Trinajstić information content (AvgIpc) is 3.35. The Balaban J connectivity index is 0.00000616. The maximum absolute atomic E-state index is 13.4. The minimum absolute atomic E-state index is 0. The first-order chi connectivity index (χ1) is 19.8. The van der Waals surface area contributed by atoms with Crippen LogP contribution in [0.3, 0.4) is 0 Å². The topological polar surface area (TPSA) is 41.6 Å². The van der Waals surface area contributed by atoms with E-state index in [1.165, 1.54) is 76.3 Å². The van der Waals surface area contributed by atoms with Gasteiger partial charge in [0.25, 0.3) is 5.91 Å². The molecule has 4 nitrogen and oxygen atoms in total. The van der Waals surface area contributed by atoms with Gasteiger partial charge in [0.05, 0.1) is 12.5 Å². The number of ether oxygens (including phenoxy) is 1. The van der Waals surface area contributed by atoms with Gasteiger partial charge in [-0.25, -0.2) is 0 Å². The maximum Gasteiger partial charge on any atom is 0.256 e. The zero-order valence-electron chi connectivity index (χ0n) is 26.8. The van der Waals surface area contributed by atoms with Crippen molar-refractivity contribution in [2.24, 2.45) is 0 Å². The van der Waals surface area contributed by atoms with Crippen LogP contribution in [0.1, 0.15) is 133 Å². The molecule has 0 saturated carbocycles. The molecule has 0 unspecified atom stereocenters. The summed E-state index contributed by atoms with van der Waals surface area (Å²) in [5.74, 6) is 1.78. The van der Waals surface area contributed by atoms with Gasteiger partial charge in [-0.1, -0.05) is 117 Å². The molecular formula is C36H55BrN2O2S. The number of hydrogen-bond acceptors (Lipinski definition) is 4. The number of thioether (sulfide) groups is 1. The summed E-state index contributed by atoms with van der Waals surface area (Å²) in [5, 5.41) is 5.34. The number of halogens is 1. The van der Waals surface area contributed by atoms with E-state index in [0.717, 1.165) is 53.6 Å². The Labute approximate surface area is 271 Å². The lowest BCUT2D eigenvalue weighted by Crippen LogP contribution is -2.21. The number of amides is 1. The van der Waals surface area contributed by atoms with Crippen LogP contribution in [0, 0.1) is 0 Å². The molecule has 0 aliphatic carbocycles. The first kappa shape index (κ1) is 36.3. The number of unbranched alkanes of at least 4 members (excludes halogenated alkanes) is 11. The highest BCUT2D eigenvalue weighted by molar-refractivity contribution is 8.93. The number of allylic oxidation sites excluding steroid dienone is 1. The second-order valence-electron chi connectivity index (χ2n) is 12.6. The fourth-order valence-electron chi connectivity index (χ4n) is 5.32. The number of hydrogen-bond donors (Lipinski definition) is 1. The number of carbonyl (C=O) groups is 1. The second kappa shape index (κ2) is 19.4. The van der Waals surface area contributed by atoms with Crippen LogP contribution in [0.5, 0.6) is 5.75 Å². The molecule has 6 heteroatoms. The van der Waals surface area contributed by atoms with Crippen LogP contribution in [-0.2, 0) is 12.0 Å². The predicted molar refractivity (Wildman–Crippen MR) is 188 cm³/mol. The van der Waals surface area contributed by atoms with Crippen molar-refractivity contribution in [3.05, 3.63) is 70.3 Å². The van der Waals surface area contributed by atoms with E-state index in [4.69, 9.17) is 4.74 Å². The third-order valence-corrected chi connectivity index (χ3v) is 8.88. The van der Waals surface area contributed by atoms with Gasteiger partial charge >= 0.3 is 0 Å². The van der Waals surface area contributed by atoms with Gasteiger partial charge in [-0.05, 0) is 54.0 Å². The standard InChI is InChI=1S/C36H54N2O2S.BrH/c1-6-7-8-9-10-11-12-13-14-15-16-19-24-40-34-23-22-31(25-33(34)36(3,4)5)37-35(39)32-21-18-17-20-30(32)26-38-28-41-27-29(38)2;/h17-18,20-23,25,27H,6-16,19,24,26,28H2,1-5H3,(H,37,39);1H. The van der Waals surface area contributed by atoms with Gasteiger partial charge in [-0.15, -0.1) is 28.7 Å². The van der Waals surface area contributed by atoms with E-state index in [9.17, 15) is 4.79 Å². The van der Waals surface area contributed by atoms with Crippen LogP contribution in [0.15, 0.2) is 53.6 Å². The largest absolute Gasteiger partial charge is 0.493 e. The highest BCUT2D eigenvalue weighted by Crippen LogP contribution is 2.34. The van der Waals surface area contributed by atoms with Gasteiger partial charge in [0, 0.05) is 29.1 Å². The molecule has 1 aliphatic heterocycles. The summed E-state index contributed by atoms with van der Waals surface area (Å²) < 4.78 is 6.28. The van der Waals surface area contributed by atoms with E-state index in [0.29, 0.717) is 0 Å². The lowest BCUT2D eigenvalue weighted by atomic mass is 9.86. The summed E-state index contributed by atoms with van der Waals surface area (Å²) in [6, 6.07) is 14.0. The second-order valence-corrected chi connectivity index (χ2v) is 13.4. The quantitative estimate of drug-likeness (QED) is 0.162. The molecule has 1 aliphatic rings. The summed E-state index contributed by atoms with van der Waals surface area (Å²) in [7, 11) is 0. The number of benzene rings is 2. The SMILES string of the molecule is Br.CCCCCCCCCCCCCCOc1ccc(NC(=O)c2ccccc2CN2CSC=C2C)cc1C(C)(C)C. The normalized spacial score (nSPS) is 13.1. The molecule has 234 valence electrons. The van der Waals surface area contributed by atoms with Crippen LogP contribution in [-0.4, -0.2) is 23.3 Å². The van der Waals surface area contributed by atoms with Gasteiger partial charge in [0.1, 0.15) is 5.75 Å². The Morgan fingerprint density at radius 1 is 0.905 bits per heavy atom. The van der Waals surface area contributed by atoms with Crippen LogP contribution >= 0.6 is 28.7 Å². The van der Waals surface area contributed by atoms with Gasteiger partial charge < -0.3 is 15.0 Å². The number of carbonyl (C=O) groups excluding carboxylic acids is 1. The Hall–Kier alpha value is -1.92. The first-order valence-corrected chi connectivity index (χ1v) is 17.0. The maximum atomic E-state index is 13.4. The fourth-order valence-corrected chi connectivity index (χ4v) is 6.26. The molecule has 0 spiro atoms. The Bertz CT molecular complexity index is 1110. The monoisotopic (exact) mass is 658 g/mol. The molecular weight excluding hydrogens is 604 g/mol. The van der Waals surface area contributed by atoms with E-state index >= 15 is 0 Å². The summed E-state index contributed by atoms with van der Waals surface area (Å²) in [4.78, 5) is 15.7. The number of rotatable bonds is 18. The Morgan fingerprint density at radius 2 is 1.52 bits per heavy atom. The van der Waals surface area contributed by atoms with Crippen molar-refractivity contribution >= 4 is 40.3 Å². The Kier molecular flexibility index (Phi) is 16.7. The zero-order chi connectivity index (χ0) is 29.5. The highest BCUT2D eigenvalue weighted by Gasteiger charge is 2.21. The molecule has 2 aromatic carbocycles. The van der Waals surface area contributed by atoms with Gasteiger partial charge in [-0.2, -0.15) is 0 Å². The molecule has 0 saturated heterocycles. The van der Waals surface area contributed by atoms with Crippen LogP contribution in [0.25, 0.3) is 0 Å². The van der Waals surface area contributed by atoms with E-state index in [1.54, 1.807) is 11.8 Å². The fraction of sp³-hybridized carbons (Fsp3) is 0.583. The lowest BCUT2D eigenvalue weighted by Gasteiger charge is -2.24. The average molecular weight is 660 g/mol. The van der Waals surface area contributed by atoms with E-state index < -0.39 is 0 Å². The summed E-state index contributed by atoms with van der Waals surface area (Å²) in [5.41, 5.74) is 4.85. The number of nitrogens with one attached hydrogen (secondary N) is 1. The summed E-state index contributed by atoms with van der Waals surface area (Å²) in [6.45, 7) is 12.5. The van der Waals surface area contributed by atoms with Crippen molar-refractivity contribution in [3.63, 3.8) is 0 Å². The molecule has 0 aromatic heterocycles. The first-order valence-electron chi connectivity index (χ1n) is 16.0. The van der Waals surface area contributed by atoms with E-state index in [-0.39, 0.29) is 28.3 Å². The molecule has 2 aromatic rings. The third kappa shape index (κ3) is 12.4. The van der Waals surface area contributed by atoms with Gasteiger partial charge in [-0.3, -0.25) is 4.79 Å². The molecule has 1 amide bonds. The molecule has 1 heterocycles. The highest BCUT2D eigenvalue weighted by atomic mass is 79.9. The van der Waals surface area contributed by atoms with Crippen molar-refractivity contribution in [1.82, 2.24) is 4.90 Å². The smallest absolute Gasteiger partial charge is 0.256 e. The number of anilines is 1. The molecule has 1 N–H and O–H groups in total. The van der Waals surface area contributed by atoms with E-state index in [2.05, 4.69) is 62.4 Å². The van der Waals surface area contributed by atoms with Crippen LogP contribution in [0.2, 0.25) is 0 Å². The molecule has 0 atom stereocenters. The van der Waals surface area contributed by atoms with Crippen molar-refractivity contribution in [3.8, 4) is 5.75 Å². The van der Waals surface area contributed by atoms with E-state index in [1.807, 2.05) is 30.3 Å². The summed E-state index contributed by atoms with van der Waals surface area (Å²) >= 11 is 1.80. The molecule has 0 bridgehead atoms. The van der Waals surface area contributed by atoms with Crippen LogP contribution in [0.4, 0.5) is 5.69 Å². The Morgan fingerprint density at radius 3 is 2.12 bits per heavy atom. The lowest BCUT2D eigenvalue weighted by molar-refractivity contribution is 0.102. The molecule has 42 heavy (non-hydrogen) atoms. The van der Waals surface area contributed by atoms with Gasteiger partial charge in [0.15, 0.2) is 0 Å². The van der Waals surface area contributed by atoms with Crippen molar-refractivity contribution in [2.45, 2.75) is 124 Å². The van der Waals surface area contributed by atoms with Crippen molar-refractivity contribution < 1.29 is 9.53 Å². The van der Waals surface area contributed by atoms with Crippen LogP contribution < -0.4 is 10.1 Å².